The van der Waals surface area contributed by atoms with Crippen LogP contribution in [0, 0.1) is 6.92 Å². The Morgan fingerprint density at radius 3 is 2.33 bits per heavy atom. The Kier molecular flexibility index (Phi) is 4.93. The highest BCUT2D eigenvalue weighted by Gasteiger charge is 2.32. The minimum Gasteiger partial charge on any atom is -0.378 e. The monoisotopic (exact) mass is 357 g/mol. The summed E-state index contributed by atoms with van der Waals surface area (Å²) >= 11 is 3.35. The van der Waals surface area contributed by atoms with Crippen LogP contribution in [-0.4, -0.2) is 6.18 Å². The molecule has 112 valence electrons. The summed E-state index contributed by atoms with van der Waals surface area (Å²) in [6, 6.07) is 13.4. The fourth-order valence-corrected chi connectivity index (χ4v) is 2.62. The molecule has 0 aliphatic rings. The normalized spacial score (nSPS) is 13.0. The molecule has 0 saturated heterocycles. The minimum atomic E-state index is -4.23. The smallest absolute Gasteiger partial charge is 0.378 e. The Morgan fingerprint density at radius 1 is 1.10 bits per heavy atom. The van der Waals surface area contributed by atoms with Crippen molar-refractivity contribution in [2.24, 2.45) is 0 Å². The number of nitrogens with one attached hydrogen (secondary N) is 1. The van der Waals surface area contributed by atoms with Crippen LogP contribution in [0.5, 0.6) is 0 Å². The fourth-order valence-electron chi connectivity index (χ4n) is 2.15. The predicted octanol–water partition coefficient (Wildman–Crippen LogP) is 5.86. The lowest BCUT2D eigenvalue weighted by Crippen LogP contribution is -2.20. The van der Waals surface area contributed by atoms with E-state index in [4.69, 9.17) is 0 Å². The zero-order chi connectivity index (χ0) is 15.5. The molecule has 0 bridgehead atoms. The van der Waals surface area contributed by atoms with E-state index in [1.807, 2.05) is 19.1 Å². The highest BCUT2D eigenvalue weighted by atomic mass is 79.9. The third-order valence-corrected chi connectivity index (χ3v) is 3.65. The molecule has 21 heavy (non-hydrogen) atoms. The van der Waals surface area contributed by atoms with Crippen LogP contribution in [0.3, 0.4) is 0 Å². The highest BCUT2D eigenvalue weighted by molar-refractivity contribution is 9.10. The second kappa shape index (κ2) is 6.52. The average molecular weight is 358 g/mol. The molecule has 0 aromatic heterocycles. The second-order valence-corrected chi connectivity index (χ2v) is 5.80. The maximum atomic E-state index is 12.8. The van der Waals surface area contributed by atoms with Crippen molar-refractivity contribution in [2.75, 3.05) is 5.32 Å². The van der Waals surface area contributed by atoms with E-state index in [0.717, 1.165) is 10.0 Å². The molecule has 0 aliphatic carbocycles. The molecule has 0 amide bonds. The molecule has 1 N–H and O–H groups in total. The van der Waals surface area contributed by atoms with E-state index in [1.54, 1.807) is 36.4 Å². The zero-order valence-corrected chi connectivity index (χ0v) is 13.0. The van der Waals surface area contributed by atoms with E-state index in [9.17, 15) is 13.2 Å². The van der Waals surface area contributed by atoms with Crippen molar-refractivity contribution < 1.29 is 13.2 Å². The van der Waals surface area contributed by atoms with Crippen molar-refractivity contribution in [3.63, 3.8) is 0 Å². The molecule has 5 heteroatoms. The van der Waals surface area contributed by atoms with Crippen molar-refractivity contribution in [1.29, 1.82) is 0 Å². The van der Waals surface area contributed by atoms with E-state index < -0.39 is 18.6 Å². The summed E-state index contributed by atoms with van der Waals surface area (Å²) in [7, 11) is 0. The Bertz CT molecular complexity index is 596. The van der Waals surface area contributed by atoms with Gasteiger partial charge in [-0.25, -0.2) is 0 Å². The number of hydrogen-bond donors (Lipinski definition) is 1. The van der Waals surface area contributed by atoms with E-state index in [1.165, 1.54) is 0 Å². The van der Waals surface area contributed by atoms with Crippen LogP contribution in [0.1, 0.15) is 23.6 Å². The quantitative estimate of drug-likeness (QED) is 0.722. The van der Waals surface area contributed by atoms with Crippen LogP contribution < -0.4 is 5.32 Å². The molecule has 1 atom stereocenters. The van der Waals surface area contributed by atoms with Crippen molar-refractivity contribution >= 4 is 21.6 Å². The molecule has 0 aliphatic heterocycles. The van der Waals surface area contributed by atoms with Crippen LogP contribution in [0.4, 0.5) is 18.9 Å². The van der Waals surface area contributed by atoms with Gasteiger partial charge < -0.3 is 5.32 Å². The number of rotatable bonds is 4. The van der Waals surface area contributed by atoms with Gasteiger partial charge in [-0.15, -0.1) is 0 Å². The van der Waals surface area contributed by atoms with Gasteiger partial charge in [-0.05, 0) is 36.2 Å². The first kappa shape index (κ1) is 15.9. The van der Waals surface area contributed by atoms with E-state index in [0.29, 0.717) is 11.3 Å². The highest BCUT2D eigenvalue weighted by Crippen LogP contribution is 2.33. The molecule has 0 saturated carbocycles. The first-order chi connectivity index (χ1) is 9.85. The summed E-state index contributed by atoms with van der Waals surface area (Å²) in [5.41, 5.74) is 2.22. The maximum absolute atomic E-state index is 12.8. The van der Waals surface area contributed by atoms with Gasteiger partial charge in [0, 0.05) is 10.2 Å². The molecule has 1 nitrogen and oxygen atoms in total. The number of hydrogen-bond acceptors (Lipinski definition) is 1. The largest absolute Gasteiger partial charge is 0.391 e. The first-order valence-electron chi connectivity index (χ1n) is 6.49. The summed E-state index contributed by atoms with van der Waals surface area (Å²) in [5, 5.41) is 3.01. The van der Waals surface area contributed by atoms with Gasteiger partial charge in [-0.1, -0.05) is 46.3 Å². The van der Waals surface area contributed by atoms with Crippen LogP contribution in [0.25, 0.3) is 0 Å². The SMILES string of the molecule is Cc1cc(Br)ccc1NC(CC(F)(F)F)c1ccccc1. The Hall–Kier alpha value is -1.49. The van der Waals surface area contributed by atoms with Gasteiger partial charge in [0.25, 0.3) is 0 Å². The molecular formula is C16H15BrF3N. The molecule has 0 fully saturated rings. The number of aryl methyl sites for hydroxylation is 1. The van der Waals surface area contributed by atoms with Crippen molar-refractivity contribution in [3.05, 3.63) is 64.1 Å². The molecule has 0 heterocycles. The van der Waals surface area contributed by atoms with Crippen LogP contribution in [0.15, 0.2) is 53.0 Å². The minimum absolute atomic E-state index is 0.622. The topological polar surface area (TPSA) is 12.0 Å². The predicted molar refractivity (Wildman–Crippen MR) is 82.4 cm³/mol. The van der Waals surface area contributed by atoms with Gasteiger partial charge in [0.1, 0.15) is 0 Å². The van der Waals surface area contributed by atoms with E-state index in [-0.39, 0.29) is 0 Å². The van der Waals surface area contributed by atoms with Gasteiger partial charge in [0.15, 0.2) is 0 Å². The third kappa shape index (κ3) is 4.77. The molecule has 2 aromatic rings. The number of halogens is 4. The second-order valence-electron chi connectivity index (χ2n) is 4.89. The van der Waals surface area contributed by atoms with Crippen LogP contribution in [0.2, 0.25) is 0 Å². The lowest BCUT2D eigenvalue weighted by Gasteiger charge is -2.23. The van der Waals surface area contributed by atoms with E-state index >= 15 is 0 Å². The Balaban J connectivity index is 2.28. The summed E-state index contributed by atoms with van der Waals surface area (Å²) in [4.78, 5) is 0. The van der Waals surface area contributed by atoms with Crippen molar-refractivity contribution in [2.45, 2.75) is 25.6 Å². The molecular weight excluding hydrogens is 343 g/mol. The van der Waals surface area contributed by atoms with Gasteiger partial charge in [0.05, 0.1) is 12.5 Å². The number of alkyl halides is 3. The summed E-state index contributed by atoms with van der Waals surface area (Å²) in [6.45, 7) is 1.86. The fraction of sp³-hybridized carbons (Fsp3) is 0.250. The summed E-state index contributed by atoms with van der Waals surface area (Å²) in [5.74, 6) is 0. The Morgan fingerprint density at radius 2 is 1.76 bits per heavy atom. The first-order valence-corrected chi connectivity index (χ1v) is 7.29. The summed E-state index contributed by atoms with van der Waals surface area (Å²) < 4.78 is 39.3. The summed E-state index contributed by atoms with van der Waals surface area (Å²) in [6.07, 6.45) is -5.14. The maximum Gasteiger partial charge on any atom is 0.391 e. The van der Waals surface area contributed by atoms with Gasteiger partial charge >= 0.3 is 6.18 Å². The van der Waals surface area contributed by atoms with Crippen molar-refractivity contribution in [1.82, 2.24) is 0 Å². The molecule has 0 spiro atoms. The third-order valence-electron chi connectivity index (χ3n) is 3.16. The average Bonchev–Trinajstić information content (AvgIpc) is 2.40. The Labute approximate surface area is 130 Å². The lowest BCUT2D eigenvalue weighted by molar-refractivity contribution is -0.137. The van der Waals surface area contributed by atoms with Gasteiger partial charge in [-0.3, -0.25) is 0 Å². The standard InChI is InChI=1S/C16H15BrF3N/c1-11-9-13(17)7-8-14(11)21-15(10-16(18,19)20)12-5-3-2-4-6-12/h2-9,15,21H,10H2,1H3. The lowest BCUT2D eigenvalue weighted by atomic mass is 10.0. The van der Waals surface area contributed by atoms with Crippen LogP contribution in [-0.2, 0) is 0 Å². The van der Waals surface area contributed by atoms with Crippen LogP contribution >= 0.6 is 15.9 Å². The molecule has 1 unspecified atom stereocenters. The molecule has 2 aromatic carbocycles. The van der Waals surface area contributed by atoms with E-state index in [2.05, 4.69) is 21.2 Å². The van der Waals surface area contributed by atoms with Gasteiger partial charge in [0.2, 0.25) is 0 Å². The molecule has 2 rings (SSSR count). The number of anilines is 1. The zero-order valence-electron chi connectivity index (χ0n) is 11.4. The van der Waals surface area contributed by atoms with Crippen molar-refractivity contribution in [3.8, 4) is 0 Å². The number of benzene rings is 2. The molecule has 0 radical (unpaired) electrons. The van der Waals surface area contributed by atoms with Gasteiger partial charge in [-0.2, -0.15) is 13.2 Å².